The van der Waals surface area contributed by atoms with Gasteiger partial charge in [0, 0.05) is 38.6 Å². The number of nitrogens with zero attached hydrogens (tertiary/aromatic N) is 3. The first-order valence-corrected chi connectivity index (χ1v) is 13.5. The average Bonchev–Trinajstić information content (AvgIpc) is 3.54. The molecule has 0 bridgehead atoms. The van der Waals surface area contributed by atoms with E-state index in [4.69, 9.17) is 16.2 Å². The van der Waals surface area contributed by atoms with E-state index in [-0.39, 0.29) is 28.3 Å². The quantitative estimate of drug-likeness (QED) is 0.371. The number of nitrogen functional groups attached to an aromatic ring is 1. The van der Waals surface area contributed by atoms with Crippen molar-refractivity contribution in [3.63, 3.8) is 0 Å². The summed E-state index contributed by atoms with van der Waals surface area (Å²) in [6, 6.07) is 12.1. The number of benzene rings is 2. The minimum Gasteiger partial charge on any atom is -0.395 e. The topological polar surface area (TPSA) is 144 Å². The van der Waals surface area contributed by atoms with Crippen LogP contribution in [0.1, 0.15) is 55.7 Å². The zero-order valence-corrected chi connectivity index (χ0v) is 23.4. The van der Waals surface area contributed by atoms with Crippen LogP contribution < -0.4 is 26.6 Å². The zero-order chi connectivity index (χ0) is 28.3. The molecule has 206 valence electrons. The highest BCUT2D eigenvalue weighted by Crippen LogP contribution is 2.34. The Bertz CT molecular complexity index is 1340. The zero-order valence-electron chi connectivity index (χ0n) is 22.6. The van der Waals surface area contributed by atoms with Crippen molar-refractivity contribution in [1.29, 1.82) is 0 Å². The molecule has 5 N–H and O–H groups in total. The van der Waals surface area contributed by atoms with Gasteiger partial charge < -0.3 is 26.4 Å². The summed E-state index contributed by atoms with van der Waals surface area (Å²) < 4.78 is 9.71. The van der Waals surface area contributed by atoms with Crippen molar-refractivity contribution >= 4 is 46.3 Å². The maximum Gasteiger partial charge on any atom is 0.273 e. The van der Waals surface area contributed by atoms with Crippen molar-refractivity contribution in [2.45, 2.75) is 38.8 Å². The van der Waals surface area contributed by atoms with E-state index in [2.05, 4.69) is 9.69 Å². The molecule has 0 spiro atoms. The summed E-state index contributed by atoms with van der Waals surface area (Å²) in [5, 5.41) is 3.00. The Hall–Kier alpha value is -3.96. The number of primary amides is 1. The second-order valence-corrected chi connectivity index (χ2v) is 10.7. The van der Waals surface area contributed by atoms with E-state index >= 15 is 0 Å². The van der Waals surface area contributed by atoms with Crippen LogP contribution in [-0.4, -0.2) is 55.4 Å². The summed E-state index contributed by atoms with van der Waals surface area (Å²) in [5.74, 6) is -1.75. The molecule has 1 fully saturated rings. The number of anilines is 3. The molecule has 39 heavy (non-hydrogen) atoms. The Labute approximate surface area is 232 Å². The standard InChI is InChI=1S/C28H34N6O4S/c1-16-12-17(2)14-20(13-16)34(28(37)25-22(29)23(26(30)35)32-39-25)24(18-7-9-19(10-8-18)33(3)4)27(36)31-15-21-6-5-11-38-21/h7-10,12-14,21,24H,5-6,11,15,29H2,1-4H3,(H2,30,35)(H,31,36). The molecule has 10 nitrogen and oxygen atoms in total. The van der Waals surface area contributed by atoms with Gasteiger partial charge in [-0.15, -0.1) is 0 Å². The van der Waals surface area contributed by atoms with E-state index < -0.39 is 17.9 Å². The molecule has 11 heteroatoms. The van der Waals surface area contributed by atoms with Crippen LogP contribution in [0.5, 0.6) is 0 Å². The number of nitrogens with two attached hydrogens (primary N) is 2. The van der Waals surface area contributed by atoms with Gasteiger partial charge in [-0.1, -0.05) is 18.2 Å². The molecule has 3 aromatic rings. The SMILES string of the molecule is Cc1cc(C)cc(N(C(=O)c2snc(C(N)=O)c2N)C(C(=O)NCC2CCCO2)c2ccc(N(C)C)cc2)c1. The molecule has 0 saturated carbocycles. The van der Waals surface area contributed by atoms with Gasteiger partial charge in [-0.3, -0.25) is 19.3 Å². The Balaban J connectivity index is 1.85. The first-order valence-electron chi connectivity index (χ1n) is 12.7. The summed E-state index contributed by atoms with van der Waals surface area (Å²) in [6.45, 7) is 4.83. The van der Waals surface area contributed by atoms with Crippen LogP contribution in [-0.2, 0) is 9.53 Å². The minimum atomic E-state index is -1.05. The van der Waals surface area contributed by atoms with Gasteiger partial charge in [-0.05, 0) is 79.2 Å². The normalized spacial score (nSPS) is 15.5. The second-order valence-electron chi connectivity index (χ2n) is 9.93. The van der Waals surface area contributed by atoms with Crippen LogP contribution in [0.2, 0.25) is 0 Å². The van der Waals surface area contributed by atoms with Gasteiger partial charge in [0.25, 0.3) is 11.8 Å². The van der Waals surface area contributed by atoms with Crippen molar-refractivity contribution in [3.8, 4) is 0 Å². The number of carbonyl (C=O) groups excluding carboxylic acids is 3. The van der Waals surface area contributed by atoms with Crippen LogP contribution in [0.15, 0.2) is 42.5 Å². The lowest BCUT2D eigenvalue weighted by Crippen LogP contribution is -2.45. The third-order valence-corrected chi connectivity index (χ3v) is 7.47. The van der Waals surface area contributed by atoms with Gasteiger partial charge >= 0.3 is 0 Å². The maximum atomic E-state index is 14.2. The van der Waals surface area contributed by atoms with Gasteiger partial charge in [-0.2, -0.15) is 4.37 Å². The number of ether oxygens (including phenoxy) is 1. The number of hydrogen-bond donors (Lipinski definition) is 3. The molecule has 1 saturated heterocycles. The Morgan fingerprint density at radius 2 is 1.77 bits per heavy atom. The number of hydrogen-bond acceptors (Lipinski definition) is 8. The molecule has 2 atom stereocenters. The van der Waals surface area contributed by atoms with E-state index in [1.807, 2.05) is 75.3 Å². The predicted molar refractivity (Wildman–Crippen MR) is 153 cm³/mol. The first-order chi connectivity index (χ1) is 18.6. The van der Waals surface area contributed by atoms with E-state index in [1.54, 1.807) is 0 Å². The lowest BCUT2D eigenvalue weighted by molar-refractivity contribution is -0.123. The molecule has 2 heterocycles. The van der Waals surface area contributed by atoms with Gasteiger partial charge in [0.1, 0.15) is 10.9 Å². The van der Waals surface area contributed by atoms with Crippen molar-refractivity contribution in [1.82, 2.24) is 9.69 Å². The van der Waals surface area contributed by atoms with Gasteiger partial charge in [0.15, 0.2) is 5.69 Å². The monoisotopic (exact) mass is 550 g/mol. The number of amides is 3. The van der Waals surface area contributed by atoms with Crippen molar-refractivity contribution in [2.24, 2.45) is 5.73 Å². The third-order valence-electron chi connectivity index (χ3n) is 6.62. The summed E-state index contributed by atoms with van der Waals surface area (Å²) in [6.07, 6.45) is 1.72. The average molecular weight is 551 g/mol. The maximum absolute atomic E-state index is 14.2. The molecule has 0 radical (unpaired) electrons. The molecule has 4 rings (SSSR count). The summed E-state index contributed by atoms with van der Waals surface area (Å²) in [4.78, 5) is 43.4. The highest BCUT2D eigenvalue weighted by atomic mass is 32.1. The molecule has 1 aliphatic heterocycles. The van der Waals surface area contributed by atoms with Gasteiger partial charge in [0.05, 0.1) is 11.8 Å². The number of carbonyl (C=O) groups is 3. The highest BCUT2D eigenvalue weighted by molar-refractivity contribution is 7.09. The fourth-order valence-corrected chi connectivity index (χ4v) is 5.44. The van der Waals surface area contributed by atoms with Crippen LogP contribution in [0.4, 0.5) is 17.1 Å². The number of rotatable bonds is 9. The lowest BCUT2D eigenvalue weighted by atomic mass is 10.0. The number of aryl methyl sites for hydroxylation is 2. The predicted octanol–water partition coefficient (Wildman–Crippen LogP) is 3.19. The molecule has 3 amide bonds. The fraction of sp³-hybridized carbons (Fsp3) is 0.357. The smallest absolute Gasteiger partial charge is 0.273 e. The van der Waals surface area contributed by atoms with Gasteiger partial charge in [0.2, 0.25) is 5.91 Å². The number of nitrogens with one attached hydrogen (secondary N) is 1. The highest BCUT2D eigenvalue weighted by Gasteiger charge is 2.36. The van der Waals surface area contributed by atoms with Crippen molar-refractivity contribution in [3.05, 3.63) is 69.7 Å². The second kappa shape index (κ2) is 11.8. The van der Waals surface area contributed by atoms with E-state index in [9.17, 15) is 14.4 Å². The summed E-state index contributed by atoms with van der Waals surface area (Å²) in [7, 11) is 3.85. The lowest BCUT2D eigenvalue weighted by Gasteiger charge is -2.32. The van der Waals surface area contributed by atoms with Crippen molar-refractivity contribution in [2.75, 3.05) is 42.8 Å². The third kappa shape index (κ3) is 6.21. The first kappa shape index (κ1) is 28.1. The van der Waals surface area contributed by atoms with E-state index in [0.29, 0.717) is 24.4 Å². The van der Waals surface area contributed by atoms with Crippen LogP contribution in [0.25, 0.3) is 0 Å². The molecular formula is C28H34N6O4S. The molecule has 1 aromatic heterocycles. The van der Waals surface area contributed by atoms with Crippen LogP contribution in [0.3, 0.4) is 0 Å². The van der Waals surface area contributed by atoms with E-state index in [0.717, 1.165) is 41.2 Å². The fourth-order valence-electron chi connectivity index (χ4n) is 4.70. The Kier molecular flexibility index (Phi) is 8.51. The largest absolute Gasteiger partial charge is 0.395 e. The Morgan fingerprint density at radius 3 is 2.31 bits per heavy atom. The molecule has 0 aliphatic carbocycles. The van der Waals surface area contributed by atoms with E-state index in [1.165, 1.54) is 4.90 Å². The molecule has 1 aliphatic rings. The summed E-state index contributed by atoms with van der Waals surface area (Å²) in [5.41, 5.74) is 15.2. The summed E-state index contributed by atoms with van der Waals surface area (Å²) >= 11 is 0.783. The Morgan fingerprint density at radius 1 is 1.10 bits per heavy atom. The van der Waals surface area contributed by atoms with Crippen LogP contribution in [0, 0.1) is 13.8 Å². The van der Waals surface area contributed by atoms with Crippen LogP contribution >= 0.6 is 11.5 Å². The molecule has 2 unspecified atom stereocenters. The van der Waals surface area contributed by atoms with Gasteiger partial charge in [-0.25, -0.2) is 0 Å². The number of aromatic nitrogens is 1. The minimum absolute atomic E-state index is 0.0322. The molecular weight excluding hydrogens is 516 g/mol. The van der Waals surface area contributed by atoms with Crippen molar-refractivity contribution < 1.29 is 19.1 Å². The molecule has 2 aromatic carbocycles.